The molecule has 0 saturated heterocycles. The minimum atomic E-state index is -5.49. The lowest BCUT2D eigenvalue weighted by Gasteiger charge is -2.27. The predicted octanol–water partition coefficient (Wildman–Crippen LogP) is 5.24. The van der Waals surface area contributed by atoms with E-state index in [1.54, 1.807) is 4.90 Å². The van der Waals surface area contributed by atoms with Gasteiger partial charge in [-0.25, -0.2) is 0 Å². The molecule has 0 aliphatic rings. The molecule has 0 rings (SSSR count). The molecule has 29 heteroatoms. The van der Waals surface area contributed by atoms with Crippen molar-refractivity contribution >= 4 is 11.7 Å². The first-order chi connectivity index (χ1) is 31.6. The number of Topliss-reactive ketones (excluding diaryl/α,β-unsaturated/α-hetero) is 1. The van der Waals surface area contributed by atoms with Crippen LogP contribution in [-0.2, 0) is 66.4 Å². The molecule has 0 aliphatic heterocycles. The van der Waals surface area contributed by atoms with Crippen LogP contribution in [0.5, 0.6) is 0 Å². The molecule has 0 aromatic rings. The summed E-state index contributed by atoms with van der Waals surface area (Å²) in [4.78, 5) is 31.9. The maximum atomic E-state index is 13.3. The molecule has 0 heterocycles. The number of carbonyl (C=O) groups excluding carboxylic acids is 2. The van der Waals surface area contributed by atoms with Crippen molar-refractivity contribution in [2.24, 2.45) is 10.2 Å². The Morgan fingerprint density at radius 1 is 0.530 bits per heavy atom. The highest BCUT2D eigenvalue weighted by atomic mass is 19.4. The maximum absolute atomic E-state index is 13.3. The fourth-order valence-electron chi connectivity index (χ4n) is 4.69. The van der Waals surface area contributed by atoms with Crippen molar-refractivity contribution in [2.45, 2.75) is 63.3 Å². The number of amides is 1. The Hall–Kier alpha value is -3.28. The summed E-state index contributed by atoms with van der Waals surface area (Å²) in [5.41, 5.74) is 16.5. The number of halogens is 8. The first kappa shape index (κ1) is 62.7. The normalized spacial score (nSPS) is 13.0. The zero-order chi connectivity index (χ0) is 49.2. The predicted molar refractivity (Wildman–Crippen MR) is 214 cm³/mol. The van der Waals surface area contributed by atoms with Crippen LogP contribution in [0, 0.1) is 0 Å². The summed E-state index contributed by atoms with van der Waals surface area (Å²) in [6, 6.07) is 0. The monoisotopic (exact) mass is 981 g/mol. The molecule has 386 valence electrons. The summed E-state index contributed by atoms with van der Waals surface area (Å²) in [6.07, 6.45) is -24.0. The number of ketones is 1. The maximum Gasteiger partial charge on any atom is 0.421 e. The van der Waals surface area contributed by atoms with Crippen molar-refractivity contribution in [2.75, 3.05) is 165 Å². The molecule has 0 N–H and O–H groups in total. The summed E-state index contributed by atoms with van der Waals surface area (Å²) in [7, 11) is 0. The molecule has 0 aromatic carbocycles. The van der Waals surface area contributed by atoms with E-state index in [4.69, 9.17) is 58.4 Å². The number of hydrogen-bond acceptors (Lipinski definition) is 16. The van der Waals surface area contributed by atoms with E-state index in [1.807, 2.05) is 0 Å². The number of rotatable bonds is 47. The zero-order valence-electron chi connectivity index (χ0n) is 37.0. The van der Waals surface area contributed by atoms with Crippen LogP contribution in [0.4, 0.5) is 35.1 Å². The Bertz CT molecular complexity index is 1280. The fourth-order valence-corrected chi connectivity index (χ4v) is 4.69. The van der Waals surface area contributed by atoms with Crippen LogP contribution in [0.3, 0.4) is 0 Å². The molecule has 2 unspecified atom stereocenters. The number of alkyl halides is 8. The van der Waals surface area contributed by atoms with Gasteiger partial charge in [-0.1, -0.05) is 17.2 Å². The van der Waals surface area contributed by atoms with Crippen LogP contribution in [0.1, 0.15) is 32.6 Å². The van der Waals surface area contributed by atoms with Crippen LogP contribution in [0.25, 0.3) is 20.9 Å². The number of carbonyl (C=O) groups is 2. The Morgan fingerprint density at radius 2 is 0.909 bits per heavy atom. The number of ether oxygens (including phenoxy) is 12. The molecule has 66 heavy (non-hydrogen) atoms. The quantitative estimate of drug-likeness (QED) is 0.0249. The number of nitrogens with zero attached hydrogens (tertiary/aromatic N) is 7. The summed E-state index contributed by atoms with van der Waals surface area (Å²) < 4.78 is 168. The van der Waals surface area contributed by atoms with Gasteiger partial charge in [-0.15, -0.1) is 0 Å². The smallest absolute Gasteiger partial charge is 0.379 e. The van der Waals surface area contributed by atoms with E-state index in [1.165, 1.54) is 0 Å². The van der Waals surface area contributed by atoms with E-state index in [2.05, 4.69) is 29.5 Å². The Labute approximate surface area is 377 Å². The lowest BCUT2D eigenvalue weighted by molar-refractivity contribution is -0.338. The van der Waals surface area contributed by atoms with E-state index in [0.717, 1.165) is 6.92 Å². The number of hydrogen-bond donors (Lipinski definition) is 0. The van der Waals surface area contributed by atoms with Crippen molar-refractivity contribution in [3.8, 4) is 0 Å². The molecule has 21 nitrogen and oxygen atoms in total. The van der Waals surface area contributed by atoms with Gasteiger partial charge in [0.2, 0.25) is 12.0 Å². The van der Waals surface area contributed by atoms with E-state index < -0.39 is 55.9 Å². The largest absolute Gasteiger partial charge is 0.421 e. The molecule has 0 bridgehead atoms. The highest BCUT2D eigenvalue weighted by molar-refractivity contribution is 5.83. The van der Waals surface area contributed by atoms with E-state index >= 15 is 0 Å². The van der Waals surface area contributed by atoms with Gasteiger partial charge in [0.05, 0.1) is 139 Å². The van der Waals surface area contributed by atoms with Crippen LogP contribution >= 0.6 is 0 Å². The van der Waals surface area contributed by atoms with Gasteiger partial charge in [-0.3, -0.25) is 9.59 Å². The van der Waals surface area contributed by atoms with Crippen molar-refractivity contribution in [3.63, 3.8) is 0 Å². The van der Waals surface area contributed by atoms with Gasteiger partial charge in [-0.05, 0) is 17.5 Å². The number of azide groups is 2. The van der Waals surface area contributed by atoms with Gasteiger partial charge in [0.25, 0.3) is 0 Å². The van der Waals surface area contributed by atoms with Gasteiger partial charge >= 0.3 is 18.5 Å². The Kier molecular flexibility index (Phi) is 38.7. The second-order valence-corrected chi connectivity index (χ2v) is 13.1. The van der Waals surface area contributed by atoms with Gasteiger partial charge in [0.1, 0.15) is 0 Å². The van der Waals surface area contributed by atoms with E-state index in [9.17, 15) is 44.7 Å². The van der Waals surface area contributed by atoms with Gasteiger partial charge < -0.3 is 61.7 Å². The molecule has 2 atom stereocenters. The molecule has 0 radical (unpaired) electrons. The zero-order valence-corrected chi connectivity index (χ0v) is 37.0. The van der Waals surface area contributed by atoms with E-state index in [-0.39, 0.29) is 97.9 Å². The molecule has 0 fully saturated rings. The van der Waals surface area contributed by atoms with Crippen LogP contribution < -0.4 is 0 Å². The topological polar surface area (TPSA) is 246 Å². The van der Waals surface area contributed by atoms with Crippen molar-refractivity contribution in [1.82, 2.24) is 4.90 Å². The average molecular weight is 982 g/mol. The minimum absolute atomic E-state index is 0.00319. The summed E-state index contributed by atoms with van der Waals surface area (Å²) in [5, 5.41) is 6.72. The van der Waals surface area contributed by atoms with E-state index in [0.29, 0.717) is 79.2 Å². The van der Waals surface area contributed by atoms with Crippen LogP contribution in [0.15, 0.2) is 10.2 Å². The summed E-state index contributed by atoms with van der Waals surface area (Å²) >= 11 is 0. The third kappa shape index (κ3) is 37.8. The molecule has 0 spiro atoms. The molecule has 0 aliphatic carbocycles. The Balaban J connectivity index is 4.31. The van der Waals surface area contributed by atoms with Gasteiger partial charge in [0.15, 0.2) is 11.9 Å². The first-order valence-electron chi connectivity index (χ1n) is 21.0. The average Bonchev–Trinajstić information content (AvgIpc) is 3.26. The molecule has 0 aromatic heterocycles. The molecular formula is C37H63F8N7O14. The molecule has 1 amide bonds. The van der Waals surface area contributed by atoms with Gasteiger partial charge in [-0.2, -0.15) is 35.1 Å². The second kappa shape index (κ2) is 40.8. The third-order valence-corrected chi connectivity index (χ3v) is 8.03. The second-order valence-electron chi connectivity index (χ2n) is 13.1. The highest BCUT2D eigenvalue weighted by Crippen LogP contribution is 2.32. The fraction of sp³-hybridized carbons (Fsp3) is 0.946. The molecule has 0 saturated carbocycles. The summed E-state index contributed by atoms with van der Waals surface area (Å²) in [6.45, 7) is 4.23. The minimum Gasteiger partial charge on any atom is -0.379 e. The lowest BCUT2D eigenvalue weighted by Crippen LogP contribution is -2.46. The Morgan fingerprint density at radius 3 is 1.29 bits per heavy atom. The SMILES string of the molecule is CCC(F)(F)OC(COC(C(=O)CCCOCCOCCOCCOCCC(=O)N(CCOCCOCCOCCN=[N+]=[N-])CCOCCOCCOCCN=[N+]=[N-])C(F)(F)F)C(F)(F)F. The summed E-state index contributed by atoms with van der Waals surface area (Å²) in [5.74, 6) is -1.79. The lowest BCUT2D eigenvalue weighted by atomic mass is 10.1. The van der Waals surface area contributed by atoms with Crippen molar-refractivity contribution in [3.05, 3.63) is 20.9 Å². The first-order valence-corrected chi connectivity index (χ1v) is 21.0. The highest BCUT2D eigenvalue weighted by Gasteiger charge is 2.50. The standard InChI is InChI=1S/C37H63F8N7O14/c1-2-35(38,39)66-32(36(40,41)42)30-65-34(37(43,44)45)31(53)4-3-10-55-16-22-61-28-29-62-23-17-56-11-5-33(54)52(8-14-59-20-26-63-24-18-57-12-6-48-50-46)9-15-60-21-27-64-25-19-58-13-7-49-51-47/h32,34H,2-30H2,1H3. The van der Waals surface area contributed by atoms with Crippen molar-refractivity contribution < 1.29 is 102 Å². The third-order valence-electron chi connectivity index (χ3n) is 8.03. The molecular weight excluding hydrogens is 918 g/mol. The van der Waals surface area contributed by atoms with Gasteiger partial charge in [0, 0.05) is 55.5 Å². The van der Waals surface area contributed by atoms with Crippen LogP contribution in [0.2, 0.25) is 0 Å². The van der Waals surface area contributed by atoms with Crippen LogP contribution in [-0.4, -0.2) is 212 Å². The van der Waals surface area contributed by atoms with Crippen molar-refractivity contribution in [1.29, 1.82) is 0 Å².